The summed E-state index contributed by atoms with van der Waals surface area (Å²) in [6, 6.07) is 4.98. The Hall–Kier alpha value is -0.340. The van der Waals surface area contributed by atoms with Gasteiger partial charge in [-0.25, -0.2) is 0 Å². The second kappa shape index (κ2) is 5.40. The van der Waals surface area contributed by atoms with Crippen LogP contribution in [0.2, 0.25) is 0 Å². The molecule has 0 aromatic carbocycles. The van der Waals surface area contributed by atoms with Crippen LogP contribution in [0.1, 0.15) is 25.1 Å². The van der Waals surface area contributed by atoms with Gasteiger partial charge in [0, 0.05) is 10.9 Å². The molecule has 0 radical (unpaired) electrons. The highest BCUT2D eigenvalue weighted by atomic mass is 32.1. The predicted octanol–water partition coefficient (Wildman–Crippen LogP) is 2.92. The fraction of sp³-hybridized carbons (Fsp3) is 0.636. The SMILES string of the molecule is CNC(Cc1cccs1)CC(C)C. The topological polar surface area (TPSA) is 12.0 Å². The Morgan fingerprint density at radius 1 is 1.46 bits per heavy atom. The Labute approximate surface area is 85.2 Å². The number of likely N-dealkylation sites (N-methyl/N-ethyl adjacent to an activating group) is 1. The van der Waals surface area contributed by atoms with E-state index < -0.39 is 0 Å². The molecule has 13 heavy (non-hydrogen) atoms. The Kier molecular flexibility index (Phi) is 4.46. The van der Waals surface area contributed by atoms with Crippen LogP contribution in [0.25, 0.3) is 0 Å². The second-order valence-electron chi connectivity index (χ2n) is 3.90. The Morgan fingerprint density at radius 2 is 2.23 bits per heavy atom. The molecule has 0 saturated heterocycles. The van der Waals surface area contributed by atoms with Crippen LogP contribution in [0.5, 0.6) is 0 Å². The zero-order valence-corrected chi connectivity index (χ0v) is 9.53. The standard InChI is InChI=1S/C11H19NS/c1-9(2)7-10(12-3)8-11-5-4-6-13-11/h4-6,9-10,12H,7-8H2,1-3H3. The van der Waals surface area contributed by atoms with Crippen molar-refractivity contribution in [3.8, 4) is 0 Å². The monoisotopic (exact) mass is 197 g/mol. The molecule has 0 aliphatic rings. The van der Waals surface area contributed by atoms with E-state index in [0.29, 0.717) is 6.04 Å². The van der Waals surface area contributed by atoms with Gasteiger partial charge in [-0.05, 0) is 37.3 Å². The van der Waals surface area contributed by atoms with Gasteiger partial charge in [0.2, 0.25) is 0 Å². The van der Waals surface area contributed by atoms with Crippen molar-refractivity contribution in [2.75, 3.05) is 7.05 Å². The van der Waals surface area contributed by atoms with Crippen LogP contribution < -0.4 is 5.32 Å². The average Bonchev–Trinajstić information content (AvgIpc) is 2.55. The number of hydrogen-bond donors (Lipinski definition) is 1. The van der Waals surface area contributed by atoms with Gasteiger partial charge < -0.3 is 5.32 Å². The van der Waals surface area contributed by atoms with Gasteiger partial charge in [-0.2, -0.15) is 0 Å². The minimum absolute atomic E-state index is 0.638. The smallest absolute Gasteiger partial charge is 0.0115 e. The van der Waals surface area contributed by atoms with Gasteiger partial charge in [-0.1, -0.05) is 19.9 Å². The van der Waals surface area contributed by atoms with Crippen molar-refractivity contribution < 1.29 is 0 Å². The average molecular weight is 197 g/mol. The van der Waals surface area contributed by atoms with Crippen molar-refractivity contribution in [2.45, 2.75) is 32.7 Å². The van der Waals surface area contributed by atoms with Crippen LogP contribution in [0.4, 0.5) is 0 Å². The first-order valence-electron chi connectivity index (χ1n) is 4.92. The van der Waals surface area contributed by atoms with E-state index >= 15 is 0 Å². The molecule has 1 N–H and O–H groups in total. The van der Waals surface area contributed by atoms with Gasteiger partial charge in [0.1, 0.15) is 0 Å². The first kappa shape index (κ1) is 10.7. The van der Waals surface area contributed by atoms with Crippen molar-refractivity contribution in [3.63, 3.8) is 0 Å². The van der Waals surface area contributed by atoms with Crippen LogP contribution in [0, 0.1) is 5.92 Å². The molecule has 2 heteroatoms. The Balaban J connectivity index is 2.40. The summed E-state index contributed by atoms with van der Waals surface area (Å²) in [5, 5.41) is 5.53. The third kappa shape index (κ3) is 3.92. The molecule has 0 spiro atoms. The van der Waals surface area contributed by atoms with Crippen molar-refractivity contribution in [1.82, 2.24) is 5.32 Å². The van der Waals surface area contributed by atoms with E-state index in [9.17, 15) is 0 Å². The van der Waals surface area contributed by atoms with Crippen LogP contribution in [0.15, 0.2) is 17.5 Å². The molecule has 1 heterocycles. The van der Waals surface area contributed by atoms with Gasteiger partial charge in [0.25, 0.3) is 0 Å². The van der Waals surface area contributed by atoms with Gasteiger partial charge in [-0.3, -0.25) is 0 Å². The summed E-state index contributed by atoms with van der Waals surface area (Å²) >= 11 is 1.85. The number of hydrogen-bond acceptors (Lipinski definition) is 2. The molecule has 0 fully saturated rings. The summed E-state index contributed by atoms with van der Waals surface area (Å²) in [7, 11) is 2.06. The molecule has 0 amide bonds. The number of rotatable bonds is 5. The first-order chi connectivity index (χ1) is 6.22. The maximum atomic E-state index is 3.38. The highest BCUT2D eigenvalue weighted by molar-refractivity contribution is 7.09. The lowest BCUT2D eigenvalue weighted by Crippen LogP contribution is -2.28. The van der Waals surface area contributed by atoms with E-state index in [0.717, 1.165) is 5.92 Å². The maximum Gasteiger partial charge on any atom is 0.0115 e. The van der Waals surface area contributed by atoms with Crippen molar-refractivity contribution >= 4 is 11.3 Å². The molecule has 1 nitrogen and oxygen atoms in total. The number of thiophene rings is 1. The normalized spacial score (nSPS) is 13.5. The van der Waals surface area contributed by atoms with E-state index in [1.54, 1.807) is 0 Å². The van der Waals surface area contributed by atoms with Crippen molar-refractivity contribution in [1.29, 1.82) is 0 Å². The van der Waals surface area contributed by atoms with Crippen LogP contribution in [-0.4, -0.2) is 13.1 Å². The summed E-state index contributed by atoms with van der Waals surface area (Å²) in [5.41, 5.74) is 0. The Morgan fingerprint density at radius 3 is 2.69 bits per heavy atom. The second-order valence-corrected chi connectivity index (χ2v) is 4.93. The molecule has 1 aromatic heterocycles. The molecule has 1 unspecified atom stereocenters. The summed E-state index contributed by atoms with van der Waals surface area (Å²) < 4.78 is 0. The molecule has 1 aromatic rings. The largest absolute Gasteiger partial charge is 0.317 e. The van der Waals surface area contributed by atoms with E-state index in [4.69, 9.17) is 0 Å². The lowest BCUT2D eigenvalue weighted by molar-refractivity contribution is 0.443. The van der Waals surface area contributed by atoms with Crippen LogP contribution in [0.3, 0.4) is 0 Å². The third-order valence-corrected chi connectivity index (χ3v) is 3.09. The summed E-state index contributed by atoms with van der Waals surface area (Å²) in [4.78, 5) is 1.49. The molecule has 0 saturated carbocycles. The molecule has 1 atom stereocenters. The molecule has 1 rings (SSSR count). The van der Waals surface area contributed by atoms with Gasteiger partial charge in [0.15, 0.2) is 0 Å². The lowest BCUT2D eigenvalue weighted by Gasteiger charge is -2.17. The molecule has 0 aliphatic carbocycles. The van der Waals surface area contributed by atoms with E-state index in [1.807, 2.05) is 11.3 Å². The minimum Gasteiger partial charge on any atom is -0.317 e. The fourth-order valence-corrected chi connectivity index (χ4v) is 2.33. The summed E-state index contributed by atoms with van der Waals surface area (Å²) in [6.07, 6.45) is 2.43. The minimum atomic E-state index is 0.638. The molecular formula is C11H19NS. The third-order valence-electron chi connectivity index (χ3n) is 2.19. The van der Waals surface area contributed by atoms with E-state index in [1.165, 1.54) is 17.7 Å². The zero-order chi connectivity index (χ0) is 9.68. The molecule has 74 valence electrons. The van der Waals surface area contributed by atoms with Gasteiger partial charge in [-0.15, -0.1) is 11.3 Å². The lowest BCUT2D eigenvalue weighted by atomic mass is 10.0. The quantitative estimate of drug-likeness (QED) is 0.765. The fourth-order valence-electron chi connectivity index (χ4n) is 1.54. The molecular weight excluding hydrogens is 178 g/mol. The number of nitrogens with one attached hydrogen (secondary N) is 1. The highest BCUT2D eigenvalue weighted by Crippen LogP contribution is 2.14. The highest BCUT2D eigenvalue weighted by Gasteiger charge is 2.09. The maximum absolute atomic E-state index is 3.38. The van der Waals surface area contributed by atoms with Gasteiger partial charge >= 0.3 is 0 Å². The van der Waals surface area contributed by atoms with E-state index in [-0.39, 0.29) is 0 Å². The Bertz CT molecular complexity index is 216. The zero-order valence-electron chi connectivity index (χ0n) is 8.71. The molecule has 0 aliphatic heterocycles. The van der Waals surface area contributed by atoms with Crippen LogP contribution in [-0.2, 0) is 6.42 Å². The predicted molar refractivity (Wildman–Crippen MR) is 60.3 cm³/mol. The van der Waals surface area contributed by atoms with Crippen LogP contribution >= 0.6 is 11.3 Å². The van der Waals surface area contributed by atoms with Gasteiger partial charge in [0.05, 0.1) is 0 Å². The molecule has 0 bridgehead atoms. The van der Waals surface area contributed by atoms with Crippen molar-refractivity contribution in [3.05, 3.63) is 22.4 Å². The summed E-state index contributed by atoms with van der Waals surface area (Å²) in [5.74, 6) is 0.775. The first-order valence-corrected chi connectivity index (χ1v) is 5.80. The van der Waals surface area contributed by atoms with E-state index in [2.05, 4.69) is 43.7 Å². The van der Waals surface area contributed by atoms with Crippen molar-refractivity contribution in [2.24, 2.45) is 5.92 Å². The summed E-state index contributed by atoms with van der Waals surface area (Å²) in [6.45, 7) is 4.55.